The van der Waals surface area contributed by atoms with E-state index in [0.717, 1.165) is 47.7 Å². The second-order valence-corrected chi connectivity index (χ2v) is 7.70. The summed E-state index contributed by atoms with van der Waals surface area (Å²) in [6.45, 7) is 0. The van der Waals surface area contributed by atoms with Crippen LogP contribution < -0.4 is 16.2 Å². The topological polar surface area (TPSA) is 89.7 Å². The minimum Gasteiger partial charge on any atom is -0.367 e. The average molecular weight is 401 g/mol. The van der Waals surface area contributed by atoms with Crippen molar-refractivity contribution < 1.29 is 0 Å². The minimum absolute atomic E-state index is 0.0682. The maximum atomic E-state index is 11.9. The fourth-order valence-corrected chi connectivity index (χ4v) is 4.00. The average Bonchev–Trinajstić information content (AvgIpc) is 3.35. The SMILES string of the molecule is Cn1ccc2ncc(N[C@H]3CC[C@H](Nc4ccc(-n5ccccc5=O)cn4)C3)nc21. The predicted molar refractivity (Wildman–Crippen MR) is 117 cm³/mol. The summed E-state index contributed by atoms with van der Waals surface area (Å²) in [6.07, 6.45) is 10.3. The smallest absolute Gasteiger partial charge is 0.255 e. The molecule has 2 N–H and O–H groups in total. The first kappa shape index (κ1) is 18.4. The molecule has 8 heteroatoms. The molecule has 8 nitrogen and oxygen atoms in total. The molecule has 0 radical (unpaired) electrons. The summed E-state index contributed by atoms with van der Waals surface area (Å²) in [6, 6.07) is 11.6. The number of aromatic nitrogens is 5. The van der Waals surface area contributed by atoms with Gasteiger partial charge in [-0.05, 0) is 43.5 Å². The van der Waals surface area contributed by atoms with Crippen LogP contribution in [0, 0.1) is 0 Å². The summed E-state index contributed by atoms with van der Waals surface area (Å²) in [7, 11) is 1.97. The van der Waals surface area contributed by atoms with Gasteiger partial charge in [0, 0.05) is 37.6 Å². The lowest BCUT2D eigenvalue weighted by Crippen LogP contribution is -2.22. The third-order valence-corrected chi connectivity index (χ3v) is 5.56. The van der Waals surface area contributed by atoms with Gasteiger partial charge in [-0.2, -0.15) is 0 Å². The molecule has 1 aliphatic rings. The molecule has 0 spiro atoms. The number of pyridine rings is 2. The molecule has 1 aliphatic carbocycles. The molecule has 0 bridgehead atoms. The van der Waals surface area contributed by atoms with Crippen LogP contribution in [-0.4, -0.2) is 36.2 Å². The third kappa shape index (κ3) is 3.63. The first-order chi connectivity index (χ1) is 14.7. The minimum atomic E-state index is -0.0682. The van der Waals surface area contributed by atoms with Gasteiger partial charge in [-0.1, -0.05) is 6.07 Å². The van der Waals surface area contributed by atoms with Gasteiger partial charge >= 0.3 is 0 Å². The van der Waals surface area contributed by atoms with Crippen molar-refractivity contribution in [2.24, 2.45) is 7.05 Å². The molecular formula is C22H23N7O. The van der Waals surface area contributed by atoms with E-state index in [1.54, 1.807) is 29.2 Å². The van der Waals surface area contributed by atoms with Crippen LogP contribution in [0.3, 0.4) is 0 Å². The van der Waals surface area contributed by atoms with E-state index in [0.29, 0.717) is 12.1 Å². The zero-order chi connectivity index (χ0) is 20.5. The number of hydrogen-bond donors (Lipinski definition) is 2. The number of anilines is 2. The van der Waals surface area contributed by atoms with Crippen molar-refractivity contribution >= 4 is 22.8 Å². The molecule has 1 saturated carbocycles. The van der Waals surface area contributed by atoms with Gasteiger partial charge in [0.25, 0.3) is 5.56 Å². The van der Waals surface area contributed by atoms with Gasteiger partial charge < -0.3 is 15.2 Å². The highest BCUT2D eigenvalue weighted by Crippen LogP contribution is 2.25. The molecule has 0 saturated heterocycles. The Kier molecular flexibility index (Phi) is 4.66. The zero-order valence-corrected chi connectivity index (χ0v) is 16.7. The van der Waals surface area contributed by atoms with E-state index in [1.807, 2.05) is 42.1 Å². The largest absolute Gasteiger partial charge is 0.367 e. The Morgan fingerprint density at radius 2 is 1.77 bits per heavy atom. The van der Waals surface area contributed by atoms with Crippen LogP contribution >= 0.6 is 0 Å². The van der Waals surface area contributed by atoms with E-state index < -0.39 is 0 Å². The van der Waals surface area contributed by atoms with Gasteiger partial charge in [-0.3, -0.25) is 9.36 Å². The van der Waals surface area contributed by atoms with Crippen molar-refractivity contribution in [1.82, 2.24) is 24.1 Å². The van der Waals surface area contributed by atoms with Crippen LogP contribution in [0.4, 0.5) is 11.6 Å². The summed E-state index contributed by atoms with van der Waals surface area (Å²) >= 11 is 0. The second-order valence-electron chi connectivity index (χ2n) is 7.70. The maximum absolute atomic E-state index is 11.9. The Labute approximate surface area is 173 Å². The molecule has 4 aromatic rings. The lowest BCUT2D eigenvalue weighted by atomic mass is 10.2. The Balaban J connectivity index is 1.21. The van der Waals surface area contributed by atoms with Crippen LogP contribution in [0.25, 0.3) is 16.9 Å². The molecule has 2 atom stereocenters. The summed E-state index contributed by atoms with van der Waals surface area (Å²) < 4.78 is 3.56. The Hall–Kier alpha value is -3.68. The van der Waals surface area contributed by atoms with Crippen molar-refractivity contribution in [2.45, 2.75) is 31.3 Å². The quantitative estimate of drug-likeness (QED) is 0.534. The fraction of sp³-hybridized carbons (Fsp3) is 0.273. The monoisotopic (exact) mass is 401 g/mol. The number of rotatable bonds is 5. The Bertz CT molecular complexity index is 1230. The van der Waals surface area contributed by atoms with Crippen molar-refractivity contribution in [3.8, 4) is 5.69 Å². The van der Waals surface area contributed by atoms with Crippen LogP contribution in [-0.2, 0) is 7.05 Å². The first-order valence-corrected chi connectivity index (χ1v) is 10.1. The van der Waals surface area contributed by atoms with E-state index >= 15 is 0 Å². The highest BCUT2D eigenvalue weighted by molar-refractivity contribution is 5.72. The van der Waals surface area contributed by atoms with Crippen LogP contribution in [0.15, 0.2) is 66.0 Å². The summed E-state index contributed by atoms with van der Waals surface area (Å²) in [5, 5.41) is 7.02. The van der Waals surface area contributed by atoms with E-state index in [4.69, 9.17) is 0 Å². The molecule has 0 aliphatic heterocycles. The van der Waals surface area contributed by atoms with Crippen LogP contribution in [0.2, 0.25) is 0 Å². The lowest BCUT2D eigenvalue weighted by molar-refractivity contribution is 0.719. The van der Waals surface area contributed by atoms with E-state index in [2.05, 4.69) is 25.6 Å². The van der Waals surface area contributed by atoms with E-state index in [1.165, 1.54) is 6.07 Å². The molecule has 4 heterocycles. The van der Waals surface area contributed by atoms with Gasteiger partial charge in [0.1, 0.15) is 17.2 Å². The van der Waals surface area contributed by atoms with Gasteiger partial charge in [0.15, 0.2) is 5.65 Å². The normalized spacial score (nSPS) is 18.6. The highest BCUT2D eigenvalue weighted by atomic mass is 16.1. The third-order valence-electron chi connectivity index (χ3n) is 5.56. The van der Waals surface area contributed by atoms with Crippen LogP contribution in [0.5, 0.6) is 0 Å². The van der Waals surface area contributed by atoms with Crippen molar-refractivity contribution in [3.05, 3.63) is 71.5 Å². The molecule has 0 unspecified atom stereocenters. The zero-order valence-electron chi connectivity index (χ0n) is 16.7. The van der Waals surface area contributed by atoms with Crippen molar-refractivity contribution in [2.75, 3.05) is 10.6 Å². The number of nitrogens with zero attached hydrogens (tertiary/aromatic N) is 5. The number of hydrogen-bond acceptors (Lipinski definition) is 6. The number of nitrogens with one attached hydrogen (secondary N) is 2. The molecular weight excluding hydrogens is 378 g/mol. The maximum Gasteiger partial charge on any atom is 0.255 e. The summed E-state index contributed by atoms with van der Waals surface area (Å²) in [5.74, 6) is 1.63. The van der Waals surface area contributed by atoms with Crippen molar-refractivity contribution in [3.63, 3.8) is 0 Å². The second kappa shape index (κ2) is 7.62. The van der Waals surface area contributed by atoms with Gasteiger partial charge in [0.2, 0.25) is 0 Å². The molecule has 152 valence electrons. The van der Waals surface area contributed by atoms with Gasteiger partial charge in [0.05, 0.1) is 18.1 Å². The number of fused-ring (bicyclic) bond motifs is 1. The lowest BCUT2D eigenvalue weighted by Gasteiger charge is -2.16. The summed E-state index contributed by atoms with van der Waals surface area (Å²) in [5.41, 5.74) is 2.48. The highest BCUT2D eigenvalue weighted by Gasteiger charge is 2.25. The molecule has 4 aromatic heterocycles. The van der Waals surface area contributed by atoms with Crippen molar-refractivity contribution in [1.29, 1.82) is 0 Å². The van der Waals surface area contributed by atoms with Gasteiger partial charge in [-0.25, -0.2) is 15.0 Å². The molecule has 0 aromatic carbocycles. The van der Waals surface area contributed by atoms with Crippen LogP contribution in [0.1, 0.15) is 19.3 Å². The standard InChI is InChI=1S/C22H23N7O/c1-28-11-9-18-22(28)27-20(14-23-18)26-16-6-5-15(12-16)25-19-8-7-17(13-24-19)29-10-3-2-4-21(29)30/h2-4,7-11,13-16H,5-6,12H2,1H3,(H,24,25)(H,26,27)/t15-,16-/m0/s1. The molecule has 5 rings (SSSR count). The van der Waals surface area contributed by atoms with Gasteiger partial charge in [-0.15, -0.1) is 0 Å². The molecule has 30 heavy (non-hydrogen) atoms. The van der Waals surface area contributed by atoms with E-state index in [9.17, 15) is 4.79 Å². The van der Waals surface area contributed by atoms with E-state index in [-0.39, 0.29) is 5.56 Å². The molecule has 0 amide bonds. The fourth-order valence-electron chi connectivity index (χ4n) is 4.00. The summed E-state index contributed by atoms with van der Waals surface area (Å²) in [4.78, 5) is 25.6. The Morgan fingerprint density at radius 3 is 2.53 bits per heavy atom. The predicted octanol–water partition coefficient (Wildman–Crippen LogP) is 2.96. The first-order valence-electron chi connectivity index (χ1n) is 10.1. The Morgan fingerprint density at radius 1 is 0.933 bits per heavy atom. The number of aryl methyl sites for hydroxylation is 1. The molecule has 1 fully saturated rings.